The fraction of sp³-hybridized carbons (Fsp3) is 0.650. The summed E-state index contributed by atoms with van der Waals surface area (Å²) in [4.78, 5) is 12.3. The number of carbonyl (C=O) groups excluding carboxylic acids is 1. The van der Waals surface area contributed by atoms with Crippen molar-refractivity contribution in [2.24, 2.45) is 5.92 Å². The predicted molar refractivity (Wildman–Crippen MR) is 96.7 cm³/mol. The van der Waals surface area contributed by atoms with Crippen LogP contribution in [0.5, 0.6) is 11.5 Å². The number of unbranched alkanes of at least 4 members (excludes halogenated alkanes) is 1. The van der Waals surface area contributed by atoms with Gasteiger partial charge in [0.2, 0.25) is 5.91 Å². The molecule has 0 saturated heterocycles. The van der Waals surface area contributed by atoms with Crippen molar-refractivity contribution < 1.29 is 14.3 Å². The van der Waals surface area contributed by atoms with Crippen LogP contribution < -0.4 is 14.8 Å². The molecule has 2 rings (SSSR count). The number of amides is 1. The van der Waals surface area contributed by atoms with Crippen LogP contribution in [0.3, 0.4) is 0 Å². The highest BCUT2D eigenvalue weighted by Gasteiger charge is 2.27. The number of aryl methyl sites for hydroxylation is 1. The van der Waals surface area contributed by atoms with Crippen molar-refractivity contribution in [1.82, 2.24) is 5.32 Å². The lowest BCUT2D eigenvalue weighted by atomic mass is 9.96. The van der Waals surface area contributed by atoms with Gasteiger partial charge < -0.3 is 14.8 Å². The Hall–Kier alpha value is -1.71. The molecule has 1 aliphatic rings. The summed E-state index contributed by atoms with van der Waals surface area (Å²) in [6.45, 7) is 2.23. The fourth-order valence-electron chi connectivity index (χ4n) is 3.61. The van der Waals surface area contributed by atoms with Gasteiger partial charge in [0.25, 0.3) is 0 Å². The van der Waals surface area contributed by atoms with E-state index in [1.54, 1.807) is 14.2 Å². The molecule has 1 aliphatic carbocycles. The summed E-state index contributed by atoms with van der Waals surface area (Å²) < 4.78 is 10.6. The number of ether oxygens (including phenoxy) is 2. The van der Waals surface area contributed by atoms with Gasteiger partial charge in [0.1, 0.15) is 0 Å². The van der Waals surface area contributed by atoms with Crippen LogP contribution in [-0.4, -0.2) is 26.2 Å². The number of benzene rings is 1. The van der Waals surface area contributed by atoms with Crippen LogP contribution in [0.15, 0.2) is 18.2 Å². The lowest BCUT2D eigenvalue weighted by molar-refractivity contribution is -0.122. The molecule has 134 valence electrons. The van der Waals surface area contributed by atoms with E-state index in [1.807, 2.05) is 18.2 Å². The summed E-state index contributed by atoms with van der Waals surface area (Å²) >= 11 is 0. The molecule has 4 nitrogen and oxygen atoms in total. The summed E-state index contributed by atoms with van der Waals surface area (Å²) in [5, 5.41) is 3.26. The van der Waals surface area contributed by atoms with Gasteiger partial charge in [-0.15, -0.1) is 0 Å². The molecular formula is C20H31NO3. The van der Waals surface area contributed by atoms with E-state index in [0.717, 1.165) is 24.2 Å². The van der Waals surface area contributed by atoms with Crippen LogP contribution in [0.4, 0.5) is 0 Å². The molecule has 1 amide bonds. The maximum atomic E-state index is 12.3. The number of methoxy groups -OCH3 is 2. The maximum absolute atomic E-state index is 12.3. The predicted octanol–water partition coefficient (Wildman–Crippen LogP) is 4.11. The summed E-state index contributed by atoms with van der Waals surface area (Å²) in [7, 11) is 3.26. The third kappa shape index (κ3) is 5.15. The molecule has 4 heteroatoms. The molecule has 0 bridgehead atoms. The molecule has 2 unspecified atom stereocenters. The summed E-state index contributed by atoms with van der Waals surface area (Å²) in [6.07, 6.45) is 8.63. The van der Waals surface area contributed by atoms with Crippen molar-refractivity contribution in [3.05, 3.63) is 23.8 Å². The number of carbonyl (C=O) groups is 1. The minimum Gasteiger partial charge on any atom is -0.493 e. The largest absolute Gasteiger partial charge is 0.493 e. The molecule has 24 heavy (non-hydrogen) atoms. The quantitative estimate of drug-likeness (QED) is 0.740. The van der Waals surface area contributed by atoms with Crippen LogP contribution in [0.2, 0.25) is 0 Å². The molecule has 1 saturated carbocycles. The average Bonchev–Trinajstić information content (AvgIpc) is 3.04. The minimum atomic E-state index is 0.165. The first kappa shape index (κ1) is 18.6. The van der Waals surface area contributed by atoms with Crippen LogP contribution in [-0.2, 0) is 11.2 Å². The Kier molecular flexibility index (Phi) is 7.41. The Bertz CT molecular complexity index is 530. The standard InChI is InChI=1S/C20H31NO3/c1-4-5-7-16-8-6-9-17(16)21-20(22)13-11-15-10-12-18(23-2)19(14-15)24-3/h10,12,14,16-17H,4-9,11,13H2,1-3H3,(H,21,22). The number of nitrogens with one attached hydrogen (secondary N) is 1. The van der Waals surface area contributed by atoms with E-state index in [9.17, 15) is 4.79 Å². The Morgan fingerprint density at radius 2 is 2.00 bits per heavy atom. The van der Waals surface area contributed by atoms with Crippen LogP contribution in [0.1, 0.15) is 57.4 Å². The van der Waals surface area contributed by atoms with E-state index in [-0.39, 0.29) is 5.91 Å². The van der Waals surface area contributed by atoms with E-state index in [4.69, 9.17) is 9.47 Å². The average molecular weight is 333 g/mol. The lowest BCUT2D eigenvalue weighted by Gasteiger charge is -2.21. The Labute approximate surface area is 145 Å². The van der Waals surface area contributed by atoms with Gasteiger partial charge in [-0.25, -0.2) is 0 Å². The van der Waals surface area contributed by atoms with Gasteiger partial charge >= 0.3 is 0 Å². The van der Waals surface area contributed by atoms with E-state index >= 15 is 0 Å². The third-order valence-electron chi connectivity index (χ3n) is 5.02. The van der Waals surface area contributed by atoms with E-state index in [2.05, 4.69) is 12.2 Å². The van der Waals surface area contributed by atoms with Gasteiger partial charge in [-0.2, -0.15) is 0 Å². The highest BCUT2D eigenvalue weighted by molar-refractivity contribution is 5.76. The van der Waals surface area contributed by atoms with Crippen molar-refractivity contribution in [2.45, 2.75) is 64.3 Å². The van der Waals surface area contributed by atoms with Gasteiger partial charge in [0, 0.05) is 12.5 Å². The highest BCUT2D eigenvalue weighted by Crippen LogP contribution is 2.30. The molecule has 1 aromatic rings. The monoisotopic (exact) mass is 333 g/mol. The molecule has 0 radical (unpaired) electrons. The van der Waals surface area contributed by atoms with Crippen molar-refractivity contribution >= 4 is 5.91 Å². The highest BCUT2D eigenvalue weighted by atomic mass is 16.5. The van der Waals surface area contributed by atoms with Crippen LogP contribution >= 0.6 is 0 Å². The zero-order valence-corrected chi connectivity index (χ0v) is 15.3. The third-order valence-corrected chi connectivity index (χ3v) is 5.02. The van der Waals surface area contributed by atoms with Gasteiger partial charge in [-0.3, -0.25) is 4.79 Å². The second kappa shape index (κ2) is 9.55. The smallest absolute Gasteiger partial charge is 0.220 e. The number of rotatable bonds is 9. The second-order valence-electron chi connectivity index (χ2n) is 6.70. The summed E-state index contributed by atoms with van der Waals surface area (Å²) in [5.41, 5.74) is 1.09. The van der Waals surface area contributed by atoms with Crippen molar-refractivity contribution in [2.75, 3.05) is 14.2 Å². The first-order valence-corrected chi connectivity index (χ1v) is 9.18. The first-order chi connectivity index (χ1) is 11.7. The molecule has 1 fully saturated rings. The molecule has 1 aromatic carbocycles. The molecule has 0 heterocycles. The molecule has 2 atom stereocenters. The maximum Gasteiger partial charge on any atom is 0.220 e. The van der Waals surface area contributed by atoms with Gasteiger partial charge in [0.15, 0.2) is 11.5 Å². The van der Waals surface area contributed by atoms with Crippen molar-refractivity contribution in [3.8, 4) is 11.5 Å². The molecule has 0 aliphatic heterocycles. The van der Waals surface area contributed by atoms with E-state index in [1.165, 1.54) is 32.1 Å². The Morgan fingerprint density at radius 3 is 2.71 bits per heavy atom. The molecule has 1 N–H and O–H groups in total. The Morgan fingerprint density at radius 1 is 1.21 bits per heavy atom. The fourth-order valence-corrected chi connectivity index (χ4v) is 3.61. The SMILES string of the molecule is CCCCC1CCCC1NC(=O)CCc1ccc(OC)c(OC)c1. The molecule has 0 spiro atoms. The summed E-state index contributed by atoms with van der Waals surface area (Å²) in [5.74, 6) is 2.27. The number of hydrogen-bond donors (Lipinski definition) is 1. The Balaban J connectivity index is 1.82. The van der Waals surface area contributed by atoms with Crippen LogP contribution in [0.25, 0.3) is 0 Å². The lowest BCUT2D eigenvalue weighted by Crippen LogP contribution is -2.37. The van der Waals surface area contributed by atoms with Crippen molar-refractivity contribution in [1.29, 1.82) is 0 Å². The zero-order valence-electron chi connectivity index (χ0n) is 15.3. The van der Waals surface area contributed by atoms with Crippen LogP contribution in [0, 0.1) is 5.92 Å². The molecular weight excluding hydrogens is 302 g/mol. The summed E-state index contributed by atoms with van der Waals surface area (Å²) in [6, 6.07) is 6.22. The van der Waals surface area contributed by atoms with Gasteiger partial charge in [-0.1, -0.05) is 32.3 Å². The minimum absolute atomic E-state index is 0.165. The normalized spacial score (nSPS) is 20.0. The topological polar surface area (TPSA) is 47.6 Å². The molecule has 0 aromatic heterocycles. The first-order valence-electron chi connectivity index (χ1n) is 9.18. The van der Waals surface area contributed by atoms with Gasteiger partial charge in [-0.05, 0) is 49.3 Å². The van der Waals surface area contributed by atoms with Crippen molar-refractivity contribution in [3.63, 3.8) is 0 Å². The van der Waals surface area contributed by atoms with E-state index in [0.29, 0.717) is 24.1 Å². The van der Waals surface area contributed by atoms with E-state index < -0.39 is 0 Å². The zero-order chi connectivity index (χ0) is 17.4. The van der Waals surface area contributed by atoms with Gasteiger partial charge in [0.05, 0.1) is 14.2 Å². The second-order valence-corrected chi connectivity index (χ2v) is 6.70. The number of hydrogen-bond acceptors (Lipinski definition) is 3.